The van der Waals surface area contributed by atoms with E-state index in [1.54, 1.807) is 41.7 Å². The van der Waals surface area contributed by atoms with Crippen molar-refractivity contribution < 1.29 is 19.1 Å². The zero-order valence-electron chi connectivity index (χ0n) is 12.4. The Hall–Kier alpha value is -1.59. The lowest BCUT2D eigenvalue weighted by molar-refractivity contribution is -0.155. The summed E-state index contributed by atoms with van der Waals surface area (Å²) in [6.07, 6.45) is 0.0126. The molecule has 1 aliphatic rings. The molecular formula is C13H22N2O4. The molecule has 6 nitrogen and oxygen atoms in total. The van der Waals surface area contributed by atoms with E-state index in [0.717, 1.165) is 4.90 Å². The number of nitrogens with zero attached hydrogens (tertiary/aromatic N) is 2. The second-order valence-electron chi connectivity index (χ2n) is 6.19. The average molecular weight is 270 g/mol. The Balaban J connectivity index is 2.62. The van der Waals surface area contributed by atoms with Crippen LogP contribution >= 0.6 is 0 Å². The van der Waals surface area contributed by atoms with Gasteiger partial charge in [-0.05, 0) is 34.6 Å². The number of esters is 1. The molecule has 0 saturated carbocycles. The van der Waals surface area contributed by atoms with Gasteiger partial charge in [0.2, 0.25) is 0 Å². The summed E-state index contributed by atoms with van der Waals surface area (Å²) in [4.78, 5) is 38.0. The third kappa shape index (κ3) is 3.24. The molecule has 0 aromatic rings. The summed E-state index contributed by atoms with van der Waals surface area (Å²) < 4.78 is 5.15. The van der Waals surface area contributed by atoms with Crippen molar-refractivity contribution in [1.29, 1.82) is 0 Å². The summed E-state index contributed by atoms with van der Waals surface area (Å²) in [5, 5.41) is 0. The summed E-state index contributed by atoms with van der Waals surface area (Å²) in [5.74, 6) is -0.705. The van der Waals surface area contributed by atoms with Crippen LogP contribution in [0.3, 0.4) is 0 Å². The fourth-order valence-electron chi connectivity index (χ4n) is 1.77. The Kier molecular flexibility index (Phi) is 3.93. The molecule has 0 spiro atoms. The van der Waals surface area contributed by atoms with E-state index < -0.39 is 17.1 Å². The number of ether oxygens (including phenoxy) is 1. The van der Waals surface area contributed by atoms with Crippen LogP contribution in [0, 0.1) is 0 Å². The van der Waals surface area contributed by atoms with E-state index >= 15 is 0 Å². The minimum Gasteiger partial charge on any atom is -0.460 e. The molecule has 6 heteroatoms. The SMILES string of the molecule is CN1C(=O)N(CCC(=O)OC(C)(C)C)C(=O)C1(C)C. The first-order valence-corrected chi connectivity index (χ1v) is 6.28. The average Bonchev–Trinajstić information content (AvgIpc) is 2.37. The van der Waals surface area contributed by atoms with Gasteiger partial charge in [0, 0.05) is 13.6 Å². The van der Waals surface area contributed by atoms with Crippen LogP contribution in [0.4, 0.5) is 4.79 Å². The van der Waals surface area contributed by atoms with Gasteiger partial charge < -0.3 is 9.64 Å². The predicted octanol–water partition coefficient (Wildman–Crippen LogP) is 1.39. The highest BCUT2D eigenvalue weighted by Gasteiger charge is 2.49. The van der Waals surface area contributed by atoms with Gasteiger partial charge in [-0.2, -0.15) is 0 Å². The molecule has 0 bridgehead atoms. The van der Waals surface area contributed by atoms with E-state index in [-0.39, 0.29) is 24.9 Å². The van der Waals surface area contributed by atoms with Crippen LogP contribution in [0.15, 0.2) is 0 Å². The van der Waals surface area contributed by atoms with Crippen molar-refractivity contribution in [3.8, 4) is 0 Å². The summed E-state index contributed by atoms with van der Waals surface area (Å²) in [7, 11) is 1.58. The molecular weight excluding hydrogens is 248 g/mol. The van der Waals surface area contributed by atoms with E-state index in [9.17, 15) is 14.4 Å². The number of hydrogen-bond donors (Lipinski definition) is 0. The molecule has 1 rings (SSSR count). The van der Waals surface area contributed by atoms with Crippen LogP contribution < -0.4 is 0 Å². The maximum absolute atomic E-state index is 12.1. The summed E-state index contributed by atoms with van der Waals surface area (Å²) in [6, 6.07) is -0.376. The third-order valence-corrected chi connectivity index (χ3v) is 3.08. The molecule has 108 valence electrons. The fraction of sp³-hybridized carbons (Fsp3) is 0.769. The van der Waals surface area contributed by atoms with Crippen molar-refractivity contribution in [2.75, 3.05) is 13.6 Å². The lowest BCUT2D eigenvalue weighted by Crippen LogP contribution is -2.41. The highest BCUT2D eigenvalue weighted by Crippen LogP contribution is 2.25. The van der Waals surface area contributed by atoms with Crippen LogP contribution in [0.2, 0.25) is 0 Å². The molecule has 0 radical (unpaired) electrons. The maximum Gasteiger partial charge on any atom is 0.327 e. The minimum absolute atomic E-state index is 0.0126. The molecule has 1 heterocycles. The van der Waals surface area contributed by atoms with Gasteiger partial charge in [0.25, 0.3) is 5.91 Å². The summed E-state index contributed by atoms with van der Waals surface area (Å²) in [6.45, 7) is 8.73. The highest BCUT2D eigenvalue weighted by atomic mass is 16.6. The molecule has 3 amide bonds. The number of likely N-dealkylation sites (N-methyl/N-ethyl adjacent to an activating group) is 1. The van der Waals surface area contributed by atoms with Gasteiger partial charge in [0.05, 0.1) is 6.42 Å². The first-order chi connectivity index (χ1) is 8.47. The molecule has 1 saturated heterocycles. The van der Waals surface area contributed by atoms with Crippen molar-refractivity contribution in [1.82, 2.24) is 9.80 Å². The minimum atomic E-state index is -0.856. The molecule has 1 aliphatic heterocycles. The Labute approximate surface area is 113 Å². The quantitative estimate of drug-likeness (QED) is 0.574. The number of urea groups is 1. The van der Waals surface area contributed by atoms with Gasteiger partial charge in [-0.3, -0.25) is 14.5 Å². The highest BCUT2D eigenvalue weighted by molar-refractivity contribution is 6.06. The van der Waals surface area contributed by atoms with Crippen LogP contribution in [0.5, 0.6) is 0 Å². The van der Waals surface area contributed by atoms with E-state index in [2.05, 4.69) is 0 Å². The number of rotatable bonds is 3. The van der Waals surface area contributed by atoms with Crippen LogP contribution in [-0.2, 0) is 14.3 Å². The maximum atomic E-state index is 12.1. The van der Waals surface area contributed by atoms with Crippen molar-refractivity contribution >= 4 is 17.9 Å². The van der Waals surface area contributed by atoms with Gasteiger partial charge in [0.1, 0.15) is 11.1 Å². The van der Waals surface area contributed by atoms with E-state index in [1.165, 1.54) is 4.90 Å². The Morgan fingerprint density at radius 1 is 1.26 bits per heavy atom. The Morgan fingerprint density at radius 2 is 1.79 bits per heavy atom. The van der Waals surface area contributed by atoms with E-state index in [0.29, 0.717) is 0 Å². The Morgan fingerprint density at radius 3 is 2.16 bits per heavy atom. The molecule has 0 aromatic carbocycles. The van der Waals surface area contributed by atoms with E-state index in [4.69, 9.17) is 4.74 Å². The topological polar surface area (TPSA) is 66.9 Å². The zero-order chi connectivity index (χ0) is 15.0. The Bertz CT molecular complexity index is 409. The molecule has 0 aliphatic carbocycles. The van der Waals surface area contributed by atoms with E-state index in [1.807, 2.05) is 0 Å². The fourth-order valence-corrected chi connectivity index (χ4v) is 1.77. The molecule has 1 fully saturated rings. The van der Waals surface area contributed by atoms with Gasteiger partial charge >= 0.3 is 12.0 Å². The predicted molar refractivity (Wildman–Crippen MR) is 69.4 cm³/mol. The number of hydrogen-bond acceptors (Lipinski definition) is 4. The van der Waals surface area contributed by atoms with Crippen molar-refractivity contribution in [3.63, 3.8) is 0 Å². The lowest BCUT2D eigenvalue weighted by Gasteiger charge is -2.22. The smallest absolute Gasteiger partial charge is 0.327 e. The second-order valence-corrected chi connectivity index (χ2v) is 6.19. The zero-order valence-corrected chi connectivity index (χ0v) is 12.4. The first-order valence-electron chi connectivity index (χ1n) is 6.28. The van der Waals surface area contributed by atoms with Crippen LogP contribution in [-0.4, -0.2) is 52.4 Å². The molecule has 0 atom stereocenters. The largest absolute Gasteiger partial charge is 0.460 e. The van der Waals surface area contributed by atoms with Gasteiger partial charge in [-0.1, -0.05) is 0 Å². The molecule has 0 aromatic heterocycles. The number of carbonyl (C=O) groups is 3. The lowest BCUT2D eigenvalue weighted by atomic mass is 10.1. The van der Waals surface area contributed by atoms with Crippen molar-refractivity contribution in [2.45, 2.75) is 52.2 Å². The number of amides is 3. The summed E-state index contributed by atoms with van der Waals surface area (Å²) >= 11 is 0. The number of imide groups is 1. The van der Waals surface area contributed by atoms with Crippen molar-refractivity contribution in [2.24, 2.45) is 0 Å². The number of carbonyl (C=O) groups excluding carboxylic acids is 3. The van der Waals surface area contributed by atoms with Gasteiger partial charge in [0.15, 0.2) is 0 Å². The van der Waals surface area contributed by atoms with Crippen molar-refractivity contribution in [3.05, 3.63) is 0 Å². The molecule has 19 heavy (non-hydrogen) atoms. The van der Waals surface area contributed by atoms with Gasteiger partial charge in [-0.25, -0.2) is 4.79 Å². The summed E-state index contributed by atoms with van der Waals surface area (Å²) in [5.41, 5.74) is -1.42. The normalized spacial score (nSPS) is 19.1. The molecule has 0 N–H and O–H groups in total. The van der Waals surface area contributed by atoms with Gasteiger partial charge in [-0.15, -0.1) is 0 Å². The standard InChI is InChI=1S/C13H22N2O4/c1-12(2,3)19-9(16)7-8-15-10(17)13(4,5)14(6)11(15)18/h7-8H2,1-6H3. The van der Waals surface area contributed by atoms with Crippen LogP contribution in [0.1, 0.15) is 41.0 Å². The van der Waals surface area contributed by atoms with Crippen LogP contribution in [0.25, 0.3) is 0 Å². The second kappa shape index (κ2) is 4.83. The first kappa shape index (κ1) is 15.5. The third-order valence-electron chi connectivity index (χ3n) is 3.08. The molecule has 0 unspecified atom stereocenters. The monoisotopic (exact) mass is 270 g/mol.